The van der Waals surface area contributed by atoms with Crippen LogP contribution in [-0.4, -0.2) is 42.5 Å². The molecule has 0 heterocycles. The molecular weight excluding hydrogens is 353 g/mol. The Morgan fingerprint density at radius 3 is 2.64 bits per heavy atom. The third-order valence-corrected chi connectivity index (χ3v) is 5.70. The van der Waals surface area contributed by atoms with Crippen molar-refractivity contribution in [3.63, 3.8) is 0 Å². The third-order valence-electron chi connectivity index (χ3n) is 1.41. The lowest BCUT2D eigenvalue weighted by atomic mass is 10.7. The first kappa shape index (κ1) is 15.5. The van der Waals surface area contributed by atoms with Gasteiger partial charge in [-0.2, -0.15) is 11.6 Å². The molecule has 0 amide bonds. The van der Waals surface area contributed by atoms with Crippen molar-refractivity contribution in [1.82, 2.24) is 0 Å². The molecule has 0 aromatic heterocycles. The Balaban J connectivity index is 3.62. The van der Waals surface area contributed by atoms with Gasteiger partial charge in [0.2, 0.25) is 0 Å². The number of sulfone groups is 1. The van der Waals surface area contributed by atoms with Gasteiger partial charge < -0.3 is 4.74 Å². The van der Waals surface area contributed by atoms with E-state index in [2.05, 4.69) is 31.5 Å². The summed E-state index contributed by atoms with van der Waals surface area (Å²) < 4.78 is 28.2. The highest BCUT2D eigenvalue weighted by atomic mass is 127. The van der Waals surface area contributed by atoms with Crippen molar-refractivity contribution in [1.29, 1.82) is 0 Å². The van der Waals surface area contributed by atoms with Gasteiger partial charge in [-0.05, 0) is 12.7 Å². The van der Waals surface area contributed by atoms with Gasteiger partial charge in [-0.25, -0.2) is 8.42 Å². The van der Waals surface area contributed by atoms with Crippen molar-refractivity contribution in [3.8, 4) is 0 Å². The quantitative estimate of drug-likeness (QED) is 0.282. The fraction of sp³-hybridized carbons (Fsp3) is 1.00. The first-order valence-electron chi connectivity index (χ1n) is 4.27. The van der Waals surface area contributed by atoms with E-state index in [4.69, 9.17) is 4.74 Å². The molecule has 0 saturated carbocycles. The van der Waals surface area contributed by atoms with Gasteiger partial charge in [0, 0.05) is 6.61 Å². The zero-order valence-corrected chi connectivity index (χ0v) is 13.1. The van der Waals surface area contributed by atoms with Gasteiger partial charge in [0.05, 0.1) is 18.1 Å². The Morgan fingerprint density at radius 1 is 1.50 bits per heavy atom. The van der Waals surface area contributed by atoms with Gasteiger partial charge in [-0.15, -0.1) is 31.5 Å². The number of halogens is 1. The molecule has 3 nitrogen and oxygen atoms in total. The maximum Gasteiger partial charge on any atom is 0.302 e. The lowest BCUT2D eigenvalue weighted by molar-refractivity contribution is 0.163. The third kappa shape index (κ3) is 10.0. The number of rotatable bonds is 8. The molecule has 0 aromatic carbocycles. The molecule has 0 aliphatic carbocycles. The molecule has 0 rings (SSSR count). The van der Waals surface area contributed by atoms with Crippen LogP contribution in [0.15, 0.2) is 0 Å². The number of ether oxygens (including phenoxy) is 1. The molecule has 0 fully saturated rings. The normalized spacial score (nSPS) is 11.6. The summed E-state index contributed by atoms with van der Waals surface area (Å²) >= 11 is 3.86. The van der Waals surface area contributed by atoms with Crippen LogP contribution in [0.25, 0.3) is 0 Å². The topological polar surface area (TPSA) is 43.4 Å². The summed E-state index contributed by atoms with van der Waals surface area (Å²) in [5, 5.41) is 0. The summed E-state index contributed by atoms with van der Waals surface area (Å²) in [4.78, 5) is 0. The molecule has 1 unspecified atom stereocenters. The van der Waals surface area contributed by atoms with Gasteiger partial charge in [0.1, 0.15) is 0 Å². The Labute approximate surface area is 106 Å². The summed E-state index contributed by atoms with van der Waals surface area (Å²) in [6.45, 7) is 2.75. The second kappa shape index (κ2) is 8.62. The van der Waals surface area contributed by atoms with E-state index in [1.54, 1.807) is 11.6 Å². The second-order valence-electron chi connectivity index (χ2n) is 2.57. The first-order valence-corrected chi connectivity index (χ1v) is 9.05. The monoisotopic (exact) mass is 368 g/mol. The van der Waals surface area contributed by atoms with Gasteiger partial charge >= 0.3 is 3.57 Å². The van der Waals surface area contributed by atoms with Gasteiger partial charge in [-0.3, -0.25) is 0 Å². The molecule has 0 radical (unpaired) electrons. The molecule has 0 aliphatic rings. The molecule has 84 valence electrons. The standard InChI is InChI=1S/C6H15BIO3PS2/c1-2-11-3-5-14(9,10)6-4-13-7(8)12/h2-6,12H2,1H3. The zero-order valence-electron chi connectivity index (χ0n) is 8.11. The van der Waals surface area contributed by atoms with Crippen molar-refractivity contribution in [2.75, 3.05) is 30.5 Å². The van der Waals surface area contributed by atoms with Crippen LogP contribution in [0.3, 0.4) is 0 Å². The van der Waals surface area contributed by atoms with Crippen LogP contribution in [-0.2, 0) is 14.6 Å². The summed E-state index contributed by atoms with van der Waals surface area (Å²) in [5.74, 6) is 1.05. The second-order valence-corrected chi connectivity index (χ2v) is 10.8. The Hall–Kier alpha value is 1.48. The molecule has 0 N–H and O–H groups in total. The van der Waals surface area contributed by atoms with Crippen molar-refractivity contribution in [3.05, 3.63) is 0 Å². The van der Waals surface area contributed by atoms with Crippen LogP contribution in [0.1, 0.15) is 6.92 Å². The van der Waals surface area contributed by atoms with Crippen molar-refractivity contribution >= 4 is 56.5 Å². The number of hydrogen-bond donors (Lipinski definition) is 0. The summed E-state index contributed by atoms with van der Waals surface area (Å²) in [6.07, 6.45) is 0. The molecule has 0 aliphatic heterocycles. The van der Waals surface area contributed by atoms with Crippen LogP contribution in [0, 0.1) is 0 Å². The maximum atomic E-state index is 11.4. The molecule has 0 aromatic rings. The highest BCUT2D eigenvalue weighted by Crippen LogP contribution is 2.19. The fourth-order valence-corrected chi connectivity index (χ4v) is 4.09. The van der Waals surface area contributed by atoms with E-state index >= 15 is 0 Å². The minimum atomic E-state index is -2.91. The van der Waals surface area contributed by atoms with E-state index in [9.17, 15) is 8.42 Å². The van der Waals surface area contributed by atoms with Gasteiger partial charge in [0.25, 0.3) is 0 Å². The van der Waals surface area contributed by atoms with E-state index in [1.807, 2.05) is 6.92 Å². The predicted molar refractivity (Wildman–Crippen MR) is 77.1 cm³/mol. The average molecular weight is 368 g/mol. The predicted octanol–water partition coefficient (Wildman–Crippen LogP) is 1.47. The highest BCUT2D eigenvalue weighted by Gasteiger charge is 2.11. The van der Waals surface area contributed by atoms with Crippen molar-refractivity contribution in [2.45, 2.75) is 6.92 Å². The van der Waals surface area contributed by atoms with E-state index in [-0.39, 0.29) is 11.5 Å². The largest absolute Gasteiger partial charge is 0.381 e. The van der Waals surface area contributed by atoms with Crippen molar-refractivity contribution < 1.29 is 13.2 Å². The van der Waals surface area contributed by atoms with Crippen LogP contribution in [0.4, 0.5) is 0 Å². The molecular formula is C6H15BIO3PS2. The Bertz CT molecular complexity index is 235. The summed E-state index contributed by atoms with van der Waals surface area (Å²) in [5.41, 5.74) is 0. The number of hydrogen-bond acceptors (Lipinski definition) is 4. The van der Waals surface area contributed by atoms with Gasteiger partial charge in [0.15, 0.2) is 9.84 Å². The smallest absolute Gasteiger partial charge is 0.302 e. The summed E-state index contributed by atoms with van der Waals surface area (Å²) in [6, 6.07) is 0. The molecule has 8 heteroatoms. The average Bonchev–Trinajstić information content (AvgIpc) is 2.03. The molecule has 1 atom stereocenters. The van der Waals surface area contributed by atoms with Gasteiger partial charge in [-0.1, -0.05) is 0 Å². The minimum absolute atomic E-state index is 0.143. The Kier molecular flexibility index (Phi) is 9.53. The first-order chi connectivity index (χ1) is 6.48. The van der Waals surface area contributed by atoms with Crippen LogP contribution in [0.2, 0.25) is 0 Å². The Morgan fingerprint density at radius 2 is 2.14 bits per heavy atom. The lowest BCUT2D eigenvalue weighted by Crippen LogP contribution is -2.17. The van der Waals surface area contributed by atoms with Crippen LogP contribution >= 0.6 is 43.1 Å². The lowest BCUT2D eigenvalue weighted by Gasteiger charge is -2.04. The van der Waals surface area contributed by atoms with Crippen LogP contribution < -0.4 is 0 Å². The molecule has 0 bridgehead atoms. The zero-order chi connectivity index (χ0) is 11.0. The minimum Gasteiger partial charge on any atom is -0.381 e. The molecule has 14 heavy (non-hydrogen) atoms. The maximum absolute atomic E-state index is 11.4. The highest BCUT2D eigenvalue weighted by molar-refractivity contribution is 14.1. The molecule has 0 saturated heterocycles. The van der Waals surface area contributed by atoms with E-state index < -0.39 is 9.84 Å². The van der Waals surface area contributed by atoms with E-state index in [0.29, 0.717) is 22.5 Å². The van der Waals surface area contributed by atoms with E-state index in [1.165, 1.54) is 0 Å². The SMILES string of the molecule is CCOCCS(=O)(=O)CCSB(P)I. The van der Waals surface area contributed by atoms with Crippen LogP contribution in [0.5, 0.6) is 0 Å². The van der Waals surface area contributed by atoms with E-state index in [0.717, 1.165) is 0 Å². The summed E-state index contributed by atoms with van der Waals surface area (Å²) in [7, 11) is -0.284. The fourth-order valence-electron chi connectivity index (χ4n) is 0.720. The molecule has 0 spiro atoms. The van der Waals surface area contributed by atoms with Crippen molar-refractivity contribution in [2.24, 2.45) is 0 Å².